The third kappa shape index (κ3) is 6.75. The van der Waals surface area contributed by atoms with Gasteiger partial charge in [-0.25, -0.2) is 0 Å². The fourth-order valence-electron chi connectivity index (χ4n) is 0.598. The van der Waals surface area contributed by atoms with Gasteiger partial charge in [0.15, 0.2) is 0 Å². The highest BCUT2D eigenvalue weighted by molar-refractivity contribution is 5.72. The van der Waals surface area contributed by atoms with E-state index in [1.165, 1.54) is 5.57 Å². The summed E-state index contributed by atoms with van der Waals surface area (Å²) >= 11 is 0. The van der Waals surface area contributed by atoms with Crippen LogP contribution in [-0.2, 0) is 0 Å². The van der Waals surface area contributed by atoms with Gasteiger partial charge in [-0.1, -0.05) is 37.0 Å². The van der Waals surface area contributed by atoms with Crippen LogP contribution in [0.3, 0.4) is 0 Å². The zero-order chi connectivity index (χ0) is 9.23. The quantitative estimate of drug-likeness (QED) is 0.445. The lowest BCUT2D eigenvalue weighted by Crippen LogP contribution is -1.69. The largest absolute Gasteiger partial charge is 1.00 e. The van der Waals surface area contributed by atoms with Crippen molar-refractivity contribution in [3.63, 3.8) is 0 Å². The Hall–Kier alpha value is -1.37. The average molecular weight is 162 g/mol. The van der Waals surface area contributed by atoms with Gasteiger partial charge < -0.3 is 0 Å². The van der Waals surface area contributed by atoms with Gasteiger partial charge in [-0.2, -0.15) is 0 Å². The first-order valence-corrected chi connectivity index (χ1v) is 3.86. The minimum atomic E-state index is 0. The minimum absolute atomic E-state index is 0. The average Bonchev–Trinajstić information content (AvgIpc) is 2.09. The van der Waals surface area contributed by atoms with E-state index in [0.717, 1.165) is 0 Å². The van der Waals surface area contributed by atoms with Crippen molar-refractivity contribution in [3.05, 3.63) is 48.6 Å². The van der Waals surface area contributed by atoms with Crippen molar-refractivity contribution in [2.75, 3.05) is 7.05 Å². The Kier molecular flexibility index (Phi) is 6.85. The van der Waals surface area contributed by atoms with Gasteiger partial charge in [-0.05, 0) is 18.6 Å². The van der Waals surface area contributed by atoms with E-state index in [4.69, 9.17) is 0 Å². The van der Waals surface area contributed by atoms with Crippen LogP contribution in [0.25, 0.3) is 0 Å². The molecule has 0 bridgehead atoms. The first-order valence-electron chi connectivity index (χ1n) is 3.86. The van der Waals surface area contributed by atoms with E-state index in [9.17, 15) is 0 Å². The molecule has 0 rings (SSSR count). The SMILES string of the molecule is C=C/C=C/C=C/C(C)=C/C=NC.[H+]. The molecular weight excluding hydrogens is 146 g/mol. The molecule has 1 nitrogen and oxygen atoms in total. The second-order valence-electron chi connectivity index (χ2n) is 2.30. The maximum atomic E-state index is 3.85. The highest BCUT2D eigenvalue weighted by Gasteiger charge is 1.74. The molecule has 64 valence electrons. The highest BCUT2D eigenvalue weighted by atomic mass is 14.6. The molecule has 0 saturated heterocycles. The summed E-state index contributed by atoms with van der Waals surface area (Å²) in [6.45, 7) is 5.60. The summed E-state index contributed by atoms with van der Waals surface area (Å²) in [5, 5.41) is 0. The van der Waals surface area contributed by atoms with Crippen LogP contribution in [0.5, 0.6) is 0 Å². The molecule has 1 heteroatoms. The van der Waals surface area contributed by atoms with Crippen molar-refractivity contribution in [1.29, 1.82) is 0 Å². The number of allylic oxidation sites excluding steroid dienone is 7. The van der Waals surface area contributed by atoms with Crippen LogP contribution < -0.4 is 0 Å². The number of rotatable bonds is 4. The molecule has 0 saturated carbocycles. The van der Waals surface area contributed by atoms with E-state index in [1.807, 2.05) is 37.3 Å². The summed E-state index contributed by atoms with van der Waals surface area (Å²) in [5.74, 6) is 0. The molecule has 0 radical (unpaired) electrons. The normalized spacial score (nSPS) is 13.7. The Bertz CT molecular complexity index is 234. The molecule has 0 fully saturated rings. The lowest BCUT2D eigenvalue weighted by molar-refractivity contribution is 1.46. The number of hydrogen-bond acceptors (Lipinski definition) is 1. The lowest BCUT2D eigenvalue weighted by Gasteiger charge is -1.84. The summed E-state index contributed by atoms with van der Waals surface area (Å²) < 4.78 is 0. The van der Waals surface area contributed by atoms with Crippen LogP contribution in [0.4, 0.5) is 0 Å². The minimum Gasteiger partial charge on any atom is -0.297 e. The van der Waals surface area contributed by atoms with Gasteiger partial charge >= 0.3 is 1.43 Å². The lowest BCUT2D eigenvalue weighted by atomic mass is 10.2. The van der Waals surface area contributed by atoms with Crippen LogP contribution in [0.1, 0.15) is 8.35 Å². The first kappa shape index (κ1) is 10.6. The first-order chi connectivity index (χ1) is 5.81. The molecule has 0 amide bonds. The molecular formula is C11H16N+. The molecule has 0 aliphatic rings. The molecule has 0 aromatic heterocycles. The Morgan fingerprint density at radius 2 is 2.08 bits per heavy atom. The smallest absolute Gasteiger partial charge is 0.297 e. The molecule has 0 aromatic rings. The van der Waals surface area contributed by atoms with Gasteiger partial charge in [-0.15, -0.1) is 0 Å². The van der Waals surface area contributed by atoms with E-state index in [-0.39, 0.29) is 1.43 Å². The molecule has 12 heavy (non-hydrogen) atoms. The topological polar surface area (TPSA) is 12.4 Å². The second kappa shape index (κ2) is 7.73. The standard InChI is InChI=1S/C11H15N/c1-4-5-6-7-8-11(2)9-10-12-3/h4-10H,1H2,2-3H3/p+1/b6-5+,8-7+,11-9+,12-10?. The van der Waals surface area contributed by atoms with E-state index < -0.39 is 0 Å². The Morgan fingerprint density at radius 3 is 2.67 bits per heavy atom. The summed E-state index contributed by atoms with van der Waals surface area (Å²) in [6, 6.07) is 0. The zero-order valence-corrected chi connectivity index (χ0v) is 7.70. The molecule has 0 heterocycles. The van der Waals surface area contributed by atoms with E-state index in [2.05, 4.69) is 11.6 Å². The predicted molar refractivity (Wildman–Crippen MR) is 57.8 cm³/mol. The van der Waals surface area contributed by atoms with Gasteiger partial charge in [0.05, 0.1) is 0 Å². The third-order valence-corrected chi connectivity index (χ3v) is 1.20. The van der Waals surface area contributed by atoms with Crippen molar-refractivity contribution in [2.45, 2.75) is 6.92 Å². The van der Waals surface area contributed by atoms with Crippen LogP contribution >= 0.6 is 0 Å². The maximum Gasteiger partial charge on any atom is 1.00 e. The molecule has 0 atom stereocenters. The van der Waals surface area contributed by atoms with Crippen molar-refractivity contribution < 1.29 is 1.43 Å². The molecule has 0 aliphatic carbocycles. The van der Waals surface area contributed by atoms with Gasteiger partial charge in [0.25, 0.3) is 0 Å². The molecule has 0 unspecified atom stereocenters. The zero-order valence-electron chi connectivity index (χ0n) is 8.70. The number of aliphatic imine (C=N–C) groups is 1. The van der Waals surface area contributed by atoms with Gasteiger partial charge in [0.2, 0.25) is 0 Å². The fourth-order valence-corrected chi connectivity index (χ4v) is 0.598. The van der Waals surface area contributed by atoms with Crippen LogP contribution in [0, 0.1) is 0 Å². The van der Waals surface area contributed by atoms with Gasteiger partial charge in [0, 0.05) is 13.3 Å². The Morgan fingerprint density at radius 1 is 1.33 bits per heavy atom. The maximum absolute atomic E-state index is 3.85. The summed E-state index contributed by atoms with van der Waals surface area (Å²) in [5.41, 5.74) is 1.18. The Balaban J connectivity index is 0. The monoisotopic (exact) mass is 162 g/mol. The van der Waals surface area contributed by atoms with E-state index in [1.54, 1.807) is 19.3 Å². The third-order valence-electron chi connectivity index (χ3n) is 1.20. The van der Waals surface area contributed by atoms with Crippen LogP contribution in [-0.4, -0.2) is 13.3 Å². The summed E-state index contributed by atoms with van der Waals surface area (Å²) in [4.78, 5) is 3.85. The second-order valence-corrected chi connectivity index (χ2v) is 2.30. The molecule has 0 spiro atoms. The fraction of sp³-hybridized carbons (Fsp3) is 0.182. The number of nitrogens with zero attached hydrogens (tertiary/aromatic N) is 1. The molecule has 0 aromatic carbocycles. The van der Waals surface area contributed by atoms with Crippen molar-refractivity contribution in [2.24, 2.45) is 4.99 Å². The summed E-state index contributed by atoms with van der Waals surface area (Å²) in [7, 11) is 1.76. The van der Waals surface area contributed by atoms with Crippen molar-refractivity contribution in [3.8, 4) is 0 Å². The van der Waals surface area contributed by atoms with Gasteiger partial charge in [0.1, 0.15) is 0 Å². The van der Waals surface area contributed by atoms with Crippen molar-refractivity contribution >= 4 is 6.21 Å². The Labute approximate surface area is 76.0 Å². The van der Waals surface area contributed by atoms with E-state index in [0.29, 0.717) is 0 Å². The van der Waals surface area contributed by atoms with Crippen LogP contribution in [0.15, 0.2) is 53.6 Å². The predicted octanol–water partition coefficient (Wildman–Crippen LogP) is 3.04. The highest BCUT2D eigenvalue weighted by Crippen LogP contribution is 1.93. The van der Waals surface area contributed by atoms with E-state index >= 15 is 0 Å². The molecule has 0 aliphatic heterocycles. The van der Waals surface area contributed by atoms with Crippen LogP contribution in [0.2, 0.25) is 0 Å². The van der Waals surface area contributed by atoms with Crippen molar-refractivity contribution in [1.82, 2.24) is 0 Å². The van der Waals surface area contributed by atoms with Gasteiger partial charge in [-0.3, -0.25) is 4.99 Å². The number of hydrogen-bond donors (Lipinski definition) is 0. The molecule has 0 N–H and O–H groups in total. The summed E-state index contributed by atoms with van der Waals surface area (Å²) in [6.07, 6.45) is 13.3.